The van der Waals surface area contributed by atoms with Gasteiger partial charge in [-0.25, -0.2) is 4.98 Å². The summed E-state index contributed by atoms with van der Waals surface area (Å²) in [6, 6.07) is 0. The molecule has 4 heteroatoms. The van der Waals surface area contributed by atoms with Crippen molar-refractivity contribution in [2.75, 3.05) is 19.6 Å². The minimum Gasteiger partial charge on any atom is -0.336 e. The fraction of sp³-hybridized carbons (Fsp3) is 0.800. The Hall–Kier alpha value is -0.870. The lowest BCUT2D eigenvalue weighted by Gasteiger charge is -2.41. The molecule has 1 aromatic heterocycles. The normalized spacial score (nSPS) is 28.3. The van der Waals surface area contributed by atoms with E-state index in [1.807, 2.05) is 6.33 Å². The highest BCUT2D eigenvalue weighted by atomic mass is 15.2. The molecular weight excluding hydrogens is 236 g/mol. The third kappa shape index (κ3) is 3.18. The van der Waals surface area contributed by atoms with Crippen molar-refractivity contribution in [1.29, 1.82) is 0 Å². The van der Waals surface area contributed by atoms with Crippen molar-refractivity contribution in [3.05, 3.63) is 18.2 Å². The fourth-order valence-corrected chi connectivity index (χ4v) is 3.81. The van der Waals surface area contributed by atoms with Gasteiger partial charge in [0.25, 0.3) is 0 Å². The Morgan fingerprint density at radius 3 is 2.89 bits per heavy atom. The predicted molar refractivity (Wildman–Crippen MR) is 76.6 cm³/mol. The largest absolute Gasteiger partial charge is 0.336 e. The van der Waals surface area contributed by atoms with Crippen LogP contribution in [0.25, 0.3) is 0 Å². The number of nitrogens with two attached hydrogens (primary N) is 1. The standard InChI is InChI=1S/C15H26N4/c16-6-8-19-11-15(17-12-19)10-18-7-5-13-3-1-2-4-14(13)9-18/h11-14H,1-10,16H2. The van der Waals surface area contributed by atoms with Crippen LogP contribution < -0.4 is 5.73 Å². The van der Waals surface area contributed by atoms with Gasteiger partial charge in [0.1, 0.15) is 0 Å². The Morgan fingerprint density at radius 2 is 2.05 bits per heavy atom. The van der Waals surface area contributed by atoms with E-state index in [-0.39, 0.29) is 0 Å². The molecule has 1 saturated carbocycles. The van der Waals surface area contributed by atoms with E-state index in [1.54, 1.807) is 0 Å². The van der Waals surface area contributed by atoms with Crippen LogP contribution in [0.4, 0.5) is 0 Å². The second-order valence-electron chi connectivity index (χ2n) is 6.22. The first-order valence-corrected chi connectivity index (χ1v) is 7.78. The third-order valence-corrected chi connectivity index (χ3v) is 4.83. The first kappa shape index (κ1) is 13.1. The van der Waals surface area contributed by atoms with Crippen molar-refractivity contribution in [3.8, 4) is 0 Å². The summed E-state index contributed by atoms with van der Waals surface area (Å²) in [5, 5.41) is 0. The molecule has 2 N–H and O–H groups in total. The van der Waals surface area contributed by atoms with Crippen LogP contribution in [0.1, 0.15) is 37.8 Å². The van der Waals surface area contributed by atoms with E-state index < -0.39 is 0 Å². The van der Waals surface area contributed by atoms with Gasteiger partial charge in [-0.15, -0.1) is 0 Å². The second kappa shape index (κ2) is 6.06. The van der Waals surface area contributed by atoms with Crippen molar-refractivity contribution in [3.63, 3.8) is 0 Å². The average molecular weight is 262 g/mol. The second-order valence-corrected chi connectivity index (χ2v) is 6.22. The summed E-state index contributed by atoms with van der Waals surface area (Å²) in [5.74, 6) is 1.97. The number of hydrogen-bond donors (Lipinski definition) is 1. The van der Waals surface area contributed by atoms with Crippen molar-refractivity contribution in [1.82, 2.24) is 14.5 Å². The number of piperidine rings is 1. The van der Waals surface area contributed by atoms with E-state index in [2.05, 4.69) is 20.6 Å². The van der Waals surface area contributed by atoms with Gasteiger partial charge in [-0.2, -0.15) is 0 Å². The summed E-state index contributed by atoms with van der Waals surface area (Å²) >= 11 is 0. The van der Waals surface area contributed by atoms with E-state index in [9.17, 15) is 0 Å². The molecular formula is C15H26N4. The number of nitrogens with zero attached hydrogens (tertiary/aromatic N) is 3. The van der Waals surface area contributed by atoms with Crippen LogP contribution in [-0.4, -0.2) is 34.1 Å². The van der Waals surface area contributed by atoms with Gasteiger partial charge in [-0.3, -0.25) is 4.90 Å². The van der Waals surface area contributed by atoms with Gasteiger partial charge < -0.3 is 10.3 Å². The zero-order chi connectivity index (χ0) is 13.1. The van der Waals surface area contributed by atoms with Gasteiger partial charge in [0, 0.05) is 32.4 Å². The van der Waals surface area contributed by atoms with Crippen molar-refractivity contribution < 1.29 is 0 Å². The summed E-state index contributed by atoms with van der Waals surface area (Å²) in [6.45, 7) is 5.11. The van der Waals surface area contributed by atoms with E-state index in [0.717, 1.165) is 24.9 Å². The summed E-state index contributed by atoms with van der Waals surface area (Å²) in [5.41, 5.74) is 6.77. The molecule has 2 unspecified atom stereocenters. The summed E-state index contributed by atoms with van der Waals surface area (Å²) in [6.07, 6.45) is 11.3. The Balaban J connectivity index is 1.54. The molecule has 0 spiro atoms. The van der Waals surface area contributed by atoms with Gasteiger partial charge in [0.15, 0.2) is 0 Å². The molecule has 4 nitrogen and oxygen atoms in total. The number of aromatic nitrogens is 2. The first-order chi connectivity index (χ1) is 9.35. The molecule has 0 bridgehead atoms. The maximum absolute atomic E-state index is 5.57. The molecule has 19 heavy (non-hydrogen) atoms. The number of rotatable bonds is 4. The molecule has 1 aliphatic carbocycles. The Bertz CT molecular complexity index is 401. The molecule has 2 aliphatic rings. The molecule has 2 atom stereocenters. The minimum atomic E-state index is 0.684. The van der Waals surface area contributed by atoms with Crippen molar-refractivity contribution >= 4 is 0 Å². The highest BCUT2D eigenvalue weighted by Crippen LogP contribution is 2.36. The van der Waals surface area contributed by atoms with E-state index >= 15 is 0 Å². The van der Waals surface area contributed by atoms with Crippen molar-refractivity contribution in [2.24, 2.45) is 17.6 Å². The molecule has 0 radical (unpaired) electrons. The molecule has 2 fully saturated rings. The van der Waals surface area contributed by atoms with Crippen LogP contribution in [0.3, 0.4) is 0 Å². The van der Waals surface area contributed by atoms with E-state index in [1.165, 1.54) is 50.9 Å². The third-order valence-electron chi connectivity index (χ3n) is 4.83. The maximum atomic E-state index is 5.57. The average Bonchev–Trinajstić information content (AvgIpc) is 2.86. The summed E-state index contributed by atoms with van der Waals surface area (Å²) < 4.78 is 2.10. The van der Waals surface area contributed by atoms with Gasteiger partial charge >= 0.3 is 0 Å². The number of imidazole rings is 1. The lowest BCUT2D eigenvalue weighted by atomic mass is 9.75. The van der Waals surface area contributed by atoms with Crippen LogP contribution in [0, 0.1) is 11.8 Å². The zero-order valence-electron chi connectivity index (χ0n) is 11.8. The zero-order valence-corrected chi connectivity index (χ0v) is 11.8. The fourth-order valence-electron chi connectivity index (χ4n) is 3.81. The Kier molecular flexibility index (Phi) is 4.18. The van der Waals surface area contributed by atoms with Gasteiger partial charge in [-0.1, -0.05) is 19.3 Å². The SMILES string of the molecule is NCCn1cnc(CN2CCC3CCCCC3C2)c1. The molecule has 2 heterocycles. The number of likely N-dealkylation sites (tertiary alicyclic amines) is 1. The molecule has 1 saturated heterocycles. The van der Waals surface area contributed by atoms with Crippen molar-refractivity contribution in [2.45, 2.75) is 45.2 Å². The van der Waals surface area contributed by atoms with E-state index in [4.69, 9.17) is 5.73 Å². The van der Waals surface area contributed by atoms with Crippen LogP contribution in [-0.2, 0) is 13.1 Å². The van der Waals surface area contributed by atoms with Crippen LogP contribution in [0.15, 0.2) is 12.5 Å². The van der Waals surface area contributed by atoms with Gasteiger partial charge in [0.2, 0.25) is 0 Å². The van der Waals surface area contributed by atoms with Crippen LogP contribution in [0.2, 0.25) is 0 Å². The van der Waals surface area contributed by atoms with Crippen LogP contribution >= 0.6 is 0 Å². The monoisotopic (exact) mass is 262 g/mol. The predicted octanol–water partition coefficient (Wildman–Crippen LogP) is 1.85. The highest BCUT2D eigenvalue weighted by Gasteiger charge is 2.31. The summed E-state index contributed by atoms with van der Waals surface area (Å²) in [4.78, 5) is 7.10. The molecule has 0 aromatic carbocycles. The topological polar surface area (TPSA) is 47.1 Å². The quantitative estimate of drug-likeness (QED) is 0.901. The van der Waals surface area contributed by atoms with Crippen LogP contribution in [0.5, 0.6) is 0 Å². The lowest BCUT2D eigenvalue weighted by Crippen LogP contribution is -2.41. The highest BCUT2D eigenvalue weighted by molar-refractivity contribution is 4.98. The summed E-state index contributed by atoms with van der Waals surface area (Å²) in [7, 11) is 0. The minimum absolute atomic E-state index is 0.684. The molecule has 1 aliphatic heterocycles. The number of hydrogen-bond acceptors (Lipinski definition) is 3. The number of fused-ring (bicyclic) bond motifs is 1. The molecule has 1 aromatic rings. The smallest absolute Gasteiger partial charge is 0.0950 e. The molecule has 0 amide bonds. The van der Waals surface area contributed by atoms with Gasteiger partial charge in [0.05, 0.1) is 12.0 Å². The Morgan fingerprint density at radius 1 is 1.21 bits per heavy atom. The van der Waals surface area contributed by atoms with E-state index in [0.29, 0.717) is 6.54 Å². The maximum Gasteiger partial charge on any atom is 0.0950 e. The van der Waals surface area contributed by atoms with Gasteiger partial charge in [-0.05, 0) is 31.2 Å². The molecule has 106 valence electrons. The lowest BCUT2D eigenvalue weighted by molar-refractivity contribution is 0.0813. The molecule has 3 rings (SSSR count). The first-order valence-electron chi connectivity index (χ1n) is 7.78. The Labute approximate surface area is 116 Å².